The number of ether oxygens (including phenoxy) is 2. The number of pyridine rings is 1. The number of hydrogen-bond acceptors (Lipinski definition) is 3. The van der Waals surface area contributed by atoms with Crippen molar-refractivity contribution in [3.05, 3.63) is 46.6 Å². The Morgan fingerprint density at radius 1 is 1.03 bits per heavy atom. The zero-order valence-corrected chi connectivity index (χ0v) is 18.1. The smallest absolute Gasteiger partial charge is 0.416 e. The van der Waals surface area contributed by atoms with E-state index in [1.165, 1.54) is 12.1 Å². The summed E-state index contributed by atoms with van der Waals surface area (Å²) < 4.78 is 50.4. The highest BCUT2D eigenvalue weighted by molar-refractivity contribution is 5.78. The van der Waals surface area contributed by atoms with Crippen LogP contribution in [0.4, 0.5) is 13.2 Å². The minimum atomic E-state index is -4.37. The molecule has 166 valence electrons. The molecule has 0 fully saturated rings. The van der Waals surface area contributed by atoms with Crippen molar-refractivity contribution in [3.8, 4) is 28.8 Å². The number of halogens is 3. The summed E-state index contributed by atoms with van der Waals surface area (Å²) in [5.74, 6) is 6.83. The van der Waals surface area contributed by atoms with E-state index in [9.17, 15) is 13.2 Å². The van der Waals surface area contributed by atoms with Crippen LogP contribution in [0.1, 0.15) is 61.4 Å². The summed E-state index contributed by atoms with van der Waals surface area (Å²) in [6, 6.07) is 5.33. The highest BCUT2D eigenvalue weighted by Crippen LogP contribution is 2.38. The maximum Gasteiger partial charge on any atom is 0.416 e. The van der Waals surface area contributed by atoms with E-state index in [4.69, 9.17) is 14.5 Å². The Balaban J connectivity index is 2.19. The number of aryl methyl sites for hydroxylation is 1. The van der Waals surface area contributed by atoms with Crippen LogP contribution in [0.2, 0.25) is 0 Å². The van der Waals surface area contributed by atoms with Gasteiger partial charge >= 0.3 is 6.18 Å². The fraction of sp³-hybridized carbons (Fsp3) is 0.480. The molecule has 0 saturated carbocycles. The lowest BCUT2D eigenvalue weighted by Gasteiger charge is -2.19. The largest absolute Gasteiger partial charge is 0.474 e. The van der Waals surface area contributed by atoms with Gasteiger partial charge in [0.05, 0.1) is 17.7 Å². The van der Waals surface area contributed by atoms with E-state index >= 15 is 0 Å². The molecule has 0 spiro atoms. The molecule has 0 aliphatic heterocycles. The highest BCUT2D eigenvalue weighted by Gasteiger charge is 2.30. The second kappa shape index (κ2) is 10.7. The third kappa shape index (κ3) is 5.80. The first kappa shape index (κ1) is 23.1. The summed E-state index contributed by atoms with van der Waals surface area (Å²) in [5, 5.41) is 0. The van der Waals surface area contributed by atoms with Gasteiger partial charge in [-0.1, -0.05) is 37.3 Å². The van der Waals surface area contributed by atoms with Crippen molar-refractivity contribution >= 4 is 0 Å². The van der Waals surface area contributed by atoms with Gasteiger partial charge in [-0.05, 0) is 55.4 Å². The number of nitrogens with zero attached hydrogens (tertiary/aromatic N) is 1. The topological polar surface area (TPSA) is 31.4 Å². The average Bonchev–Trinajstić information content (AvgIpc) is 2.99. The summed E-state index contributed by atoms with van der Waals surface area (Å²) in [5.41, 5.74) is 3.61. The van der Waals surface area contributed by atoms with Gasteiger partial charge in [-0.2, -0.15) is 13.2 Å². The number of methoxy groups -OCH3 is 1. The molecule has 0 bridgehead atoms. The lowest BCUT2D eigenvalue weighted by atomic mass is 9.91. The summed E-state index contributed by atoms with van der Waals surface area (Å²) in [6.45, 7) is 2.80. The second-order valence-corrected chi connectivity index (χ2v) is 7.62. The maximum atomic E-state index is 13.1. The second-order valence-electron chi connectivity index (χ2n) is 7.62. The molecule has 0 unspecified atom stereocenters. The molecule has 0 radical (unpaired) electrons. The van der Waals surface area contributed by atoms with E-state index in [0.29, 0.717) is 30.2 Å². The maximum absolute atomic E-state index is 13.1. The van der Waals surface area contributed by atoms with E-state index in [1.807, 2.05) is 0 Å². The minimum Gasteiger partial charge on any atom is -0.474 e. The third-order valence-corrected chi connectivity index (χ3v) is 5.31. The Hall–Kier alpha value is -2.52. The zero-order chi connectivity index (χ0) is 22.3. The Morgan fingerprint density at radius 2 is 1.77 bits per heavy atom. The molecular formula is C25H28F3NO2. The van der Waals surface area contributed by atoms with Crippen molar-refractivity contribution in [1.29, 1.82) is 0 Å². The number of fused-ring (bicyclic) bond motifs is 1. The first-order valence-corrected chi connectivity index (χ1v) is 10.8. The van der Waals surface area contributed by atoms with Crippen LogP contribution in [-0.4, -0.2) is 25.3 Å². The number of hydrogen-bond donors (Lipinski definition) is 0. The molecule has 6 heteroatoms. The predicted molar refractivity (Wildman–Crippen MR) is 115 cm³/mol. The van der Waals surface area contributed by atoms with Crippen molar-refractivity contribution in [1.82, 2.24) is 4.98 Å². The highest BCUT2D eigenvalue weighted by atomic mass is 19.4. The molecule has 31 heavy (non-hydrogen) atoms. The predicted octanol–water partition coefficient (Wildman–Crippen LogP) is 6.21. The van der Waals surface area contributed by atoms with Crippen molar-refractivity contribution in [2.75, 3.05) is 20.3 Å². The normalized spacial score (nSPS) is 13.7. The molecule has 3 rings (SSSR count). The molecule has 0 N–H and O–H groups in total. The fourth-order valence-electron chi connectivity index (χ4n) is 3.76. The van der Waals surface area contributed by atoms with E-state index < -0.39 is 11.7 Å². The zero-order valence-electron chi connectivity index (χ0n) is 18.1. The average molecular weight is 431 g/mol. The number of aromatic nitrogens is 1. The standard InChI is InChI=1S/C25H28F3NO2/c1-3-4-6-10-21-23(18-12-14-19(15-13-18)25(26,27)28)20-9-7-5-8-11-22(20)29-24(21)31-17-16-30-2/h12-15H,3-5,7-9,11,16-17H2,1-2H3. The van der Waals surface area contributed by atoms with Crippen LogP contribution >= 0.6 is 0 Å². The minimum absolute atomic E-state index is 0.331. The van der Waals surface area contributed by atoms with Crippen LogP contribution in [0.15, 0.2) is 24.3 Å². The number of unbranched alkanes of at least 4 members (excludes halogenated alkanes) is 1. The lowest BCUT2D eigenvalue weighted by Crippen LogP contribution is -2.11. The van der Waals surface area contributed by atoms with E-state index in [-0.39, 0.29) is 0 Å². The van der Waals surface area contributed by atoms with Gasteiger partial charge in [-0.15, -0.1) is 0 Å². The van der Waals surface area contributed by atoms with Crippen LogP contribution in [0.3, 0.4) is 0 Å². The Kier molecular flexibility index (Phi) is 7.97. The van der Waals surface area contributed by atoms with Crippen molar-refractivity contribution in [3.63, 3.8) is 0 Å². The van der Waals surface area contributed by atoms with Crippen LogP contribution in [0.25, 0.3) is 11.1 Å². The first-order valence-electron chi connectivity index (χ1n) is 10.8. The van der Waals surface area contributed by atoms with Gasteiger partial charge in [-0.3, -0.25) is 0 Å². The van der Waals surface area contributed by atoms with Gasteiger partial charge in [-0.25, -0.2) is 4.98 Å². The number of benzene rings is 1. The van der Waals surface area contributed by atoms with E-state index in [0.717, 1.165) is 73.9 Å². The van der Waals surface area contributed by atoms with E-state index in [2.05, 4.69) is 18.8 Å². The molecule has 3 nitrogen and oxygen atoms in total. The first-order chi connectivity index (χ1) is 15.0. The van der Waals surface area contributed by atoms with Crippen molar-refractivity contribution in [2.45, 2.75) is 58.0 Å². The Bertz CT molecular complexity index is 940. The van der Waals surface area contributed by atoms with Gasteiger partial charge in [0.1, 0.15) is 6.61 Å². The molecule has 1 aromatic carbocycles. The number of alkyl halides is 3. The van der Waals surface area contributed by atoms with Crippen molar-refractivity contribution < 1.29 is 22.6 Å². The quantitative estimate of drug-likeness (QED) is 0.309. The molecule has 1 aliphatic rings. The van der Waals surface area contributed by atoms with Crippen LogP contribution < -0.4 is 4.74 Å². The molecular weight excluding hydrogens is 403 g/mol. The lowest BCUT2D eigenvalue weighted by molar-refractivity contribution is -0.137. The number of rotatable bonds is 6. The van der Waals surface area contributed by atoms with Gasteiger partial charge < -0.3 is 9.47 Å². The van der Waals surface area contributed by atoms with Crippen LogP contribution in [-0.2, 0) is 23.8 Å². The molecule has 1 aliphatic carbocycles. The van der Waals surface area contributed by atoms with Crippen LogP contribution in [0.5, 0.6) is 5.88 Å². The van der Waals surface area contributed by atoms with Gasteiger partial charge in [0, 0.05) is 24.8 Å². The van der Waals surface area contributed by atoms with Crippen molar-refractivity contribution in [2.24, 2.45) is 0 Å². The molecule has 0 atom stereocenters. The molecule has 0 saturated heterocycles. The Morgan fingerprint density at radius 3 is 2.45 bits per heavy atom. The van der Waals surface area contributed by atoms with Gasteiger partial charge in [0.15, 0.2) is 0 Å². The van der Waals surface area contributed by atoms with E-state index in [1.54, 1.807) is 7.11 Å². The third-order valence-electron chi connectivity index (χ3n) is 5.31. The monoisotopic (exact) mass is 431 g/mol. The summed E-state index contributed by atoms with van der Waals surface area (Å²) >= 11 is 0. The summed E-state index contributed by atoms with van der Waals surface area (Å²) in [4.78, 5) is 4.81. The molecule has 1 aromatic heterocycles. The SMILES string of the molecule is CCCC#Cc1c(OCCOC)nc2c(c1-c1ccc(C(F)(F)F)cc1)CCCCC2. The molecule has 2 aromatic rings. The fourth-order valence-corrected chi connectivity index (χ4v) is 3.76. The summed E-state index contributed by atoms with van der Waals surface area (Å²) in [7, 11) is 1.60. The Labute approximate surface area is 182 Å². The molecule has 0 amide bonds. The molecule has 1 heterocycles. The summed E-state index contributed by atoms with van der Waals surface area (Å²) in [6.07, 6.45) is 2.08. The van der Waals surface area contributed by atoms with Crippen LogP contribution in [0, 0.1) is 11.8 Å². The van der Waals surface area contributed by atoms with Gasteiger partial charge in [0.25, 0.3) is 0 Å². The van der Waals surface area contributed by atoms with Gasteiger partial charge in [0.2, 0.25) is 5.88 Å².